The molecule has 4 heterocycles. The van der Waals surface area contributed by atoms with Crippen LogP contribution in [-0.4, -0.2) is 51.5 Å². The number of carbonyl (C=O) groups excluding carboxylic acids is 1. The summed E-state index contributed by atoms with van der Waals surface area (Å²) in [5.41, 5.74) is 2.38. The molecule has 39 heavy (non-hydrogen) atoms. The zero-order valence-electron chi connectivity index (χ0n) is 21.5. The van der Waals surface area contributed by atoms with Gasteiger partial charge in [-0.15, -0.1) is 0 Å². The van der Waals surface area contributed by atoms with Gasteiger partial charge in [0, 0.05) is 42.6 Å². The number of hydrogen-bond acceptors (Lipinski definition) is 6. The van der Waals surface area contributed by atoms with Crippen molar-refractivity contribution in [2.24, 2.45) is 0 Å². The van der Waals surface area contributed by atoms with E-state index < -0.39 is 11.8 Å². The van der Waals surface area contributed by atoms with E-state index in [0.717, 1.165) is 44.1 Å². The number of amides is 2. The summed E-state index contributed by atoms with van der Waals surface area (Å²) in [6.07, 6.45) is 7.79. The minimum Gasteiger partial charge on any atom is -0.474 e. The number of ether oxygens (including phenoxy) is 2. The minimum atomic E-state index is -0.606. The van der Waals surface area contributed by atoms with Gasteiger partial charge in [-0.25, -0.2) is 19.3 Å². The maximum Gasteiger partial charge on any atom is 0.322 e. The molecular formula is C28H29ClFN5O4. The Balaban J connectivity index is 1.14. The number of nitrogens with one attached hydrogen (secondary N) is 2. The number of fused-ring (bicyclic) bond motifs is 4. The van der Waals surface area contributed by atoms with Gasteiger partial charge in [0.15, 0.2) is 0 Å². The maximum atomic E-state index is 15.2. The third-order valence-corrected chi connectivity index (χ3v) is 8.33. The monoisotopic (exact) mass is 553 g/mol. The molecule has 1 aliphatic carbocycles. The van der Waals surface area contributed by atoms with Gasteiger partial charge in [-0.1, -0.05) is 11.6 Å². The molecule has 2 N–H and O–H groups in total. The second kappa shape index (κ2) is 10.6. The first-order valence-corrected chi connectivity index (χ1v) is 13.6. The van der Waals surface area contributed by atoms with E-state index in [1.165, 1.54) is 12.1 Å². The summed E-state index contributed by atoms with van der Waals surface area (Å²) in [5.74, 6) is -0.0958. The molecule has 2 aromatic heterocycles. The topological polar surface area (TPSA) is 109 Å². The summed E-state index contributed by atoms with van der Waals surface area (Å²) >= 11 is 6.53. The van der Waals surface area contributed by atoms with Gasteiger partial charge in [0.1, 0.15) is 11.9 Å². The fourth-order valence-corrected chi connectivity index (χ4v) is 6.30. The van der Waals surface area contributed by atoms with Crippen molar-refractivity contribution in [2.45, 2.75) is 69.2 Å². The maximum absolute atomic E-state index is 15.2. The summed E-state index contributed by atoms with van der Waals surface area (Å²) in [6.45, 7) is 0. The van der Waals surface area contributed by atoms with Crippen LogP contribution in [-0.2, 0) is 11.2 Å². The number of pyridine rings is 1. The molecule has 2 aliphatic heterocycles. The summed E-state index contributed by atoms with van der Waals surface area (Å²) < 4.78 is 26.6. The van der Waals surface area contributed by atoms with E-state index in [1.54, 1.807) is 36.4 Å². The highest BCUT2D eigenvalue weighted by atomic mass is 35.5. The molecular weight excluding hydrogens is 525 g/mol. The largest absolute Gasteiger partial charge is 0.474 e. The Hall–Kier alpha value is -3.50. The molecule has 2 unspecified atom stereocenters. The number of rotatable bonds is 5. The van der Waals surface area contributed by atoms with E-state index in [9.17, 15) is 9.59 Å². The van der Waals surface area contributed by atoms with Gasteiger partial charge in [0.05, 0.1) is 28.5 Å². The Morgan fingerprint density at radius 2 is 1.92 bits per heavy atom. The van der Waals surface area contributed by atoms with E-state index in [2.05, 4.69) is 20.5 Å². The van der Waals surface area contributed by atoms with Crippen LogP contribution in [0.3, 0.4) is 0 Å². The van der Waals surface area contributed by atoms with Crippen molar-refractivity contribution in [1.29, 1.82) is 0 Å². The third kappa shape index (κ3) is 5.10. The standard InChI is InChI=1S/C28H29ClFN5O4/c1-38-18-4-6-19(7-5-18)39-26-9-2-15(14-31-26)20-12-22(30)23(13-21(20)29)32-28(37)35-17-3-8-24(35)27-16(10-17)11-25(36)33-34-27/h2,9,11-14,17-19,24H,3-8,10H2,1H3,(H,32,37)(H,33,36). The van der Waals surface area contributed by atoms with Gasteiger partial charge >= 0.3 is 6.03 Å². The number of H-pyrrole nitrogens is 1. The van der Waals surface area contributed by atoms with Crippen LogP contribution in [0.5, 0.6) is 5.88 Å². The average Bonchev–Trinajstić information content (AvgIpc) is 3.26. The molecule has 0 spiro atoms. The van der Waals surface area contributed by atoms with Gasteiger partial charge in [0.25, 0.3) is 5.56 Å². The van der Waals surface area contributed by atoms with Crippen molar-refractivity contribution in [3.8, 4) is 17.0 Å². The molecule has 3 aliphatic rings. The summed E-state index contributed by atoms with van der Waals surface area (Å²) in [6, 6.07) is 7.04. The van der Waals surface area contributed by atoms with Crippen molar-refractivity contribution in [2.75, 3.05) is 12.4 Å². The molecule has 6 rings (SSSR count). The lowest BCUT2D eigenvalue weighted by Gasteiger charge is -2.35. The van der Waals surface area contributed by atoms with Crippen LogP contribution in [0.15, 0.2) is 41.3 Å². The van der Waals surface area contributed by atoms with Crippen LogP contribution >= 0.6 is 11.6 Å². The molecule has 1 saturated carbocycles. The van der Waals surface area contributed by atoms with Crippen LogP contribution in [0.1, 0.15) is 55.8 Å². The SMILES string of the molecule is COC1CCC(Oc2ccc(-c3cc(F)c(NC(=O)N4C5CCC4c4n[nH]c(=O)cc4C5)cc3Cl)cn2)CC1. The summed E-state index contributed by atoms with van der Waals surface area (Å²) in [7, 11) is 1.74. The normalized spacial score (nSPS) is 23.8. The van der Waals surface area contributed by atoms with E-state index in [4.69, 9.17) is 21.1 Å². The molecule has 2 fully saturated rings. The lowest BCUT2D eigenvalue weighted by atomic mass is 9.95. The van der Waals surface area contributed by atoms with E-state index in [0.29, 0.717) is 35.2 Å². The molecule has 2 bridgehead atoms. The second-order valence-corrected chi connectivity index (χ2v) is 10.8. The highest BCUT2D eigenvalue weighted by molar-refractivity contribution is 6.33. The van der Waals surface area contributed by atoms with E-state index in [1.807, 2.05) is 0 Å². The Morgan fingerprint density at radius 3 is 2.67 bits per heavy atom. The molecule has 9 nitrogen and oxygen atoms in total. The fraction of sp³-hybridized carbons (Fsp3) is 0.429. The van der Waals surface area contributed by atoms with E-state index >= 15 is 4.39 Å². The van der Waals surface area contributed by atoms with Crippen molar-refractivity contribution in [3.05, 3.63) is 69.0 Å². The molecule has 3 aromatic rings. The number of methoxy groups -OCH3 is 1. The second-order valence-electron chi connectivity index (χ2n) is 10.4. The Morgan fingerprint density at radius 1 is 1.13 bits per heavy atom. The molecule has 204 valence electrons. The number of halogens is 2. The number of urea groups is 1. The zero-order valence-corrected chi connectivity index (χ0v) is 22.2. The summed E-state index contributed by atoms with van der Waals surface area (Å²) in [4.78, 5) is 31.0. The zero-order chi connectivity index (χ0) is 27.1. The van der Waals surface area contributed by atoms with Crippen LogP contribution in [0, 0.1) is 5.82 Å². The quantitative estimate of drug-likeness (QED) is 0.446. The fourth-order valence-electron chi connectivity index (χ4n) is 6.03. The van der Waals surface area contributed by atoms with Crippen LogP contribution in [0.25, 0.3) is 11.1 Å². The number of carbonyl (C=O) groups is 1. The first kappa shape index (κ1) is 25.8. The number of aromatic amines is 1. The highest BCUT2D eigenvalue weighted by Crippen LogP contribution is 2.43. The molecule has 2 atom stereocenters. The minimum absolute atomic E-state index is 0.00653. The first-order chi connectivity index (χ1) is 18.9. The van der Waals surface area contributed by atoms with Crippen molar-refractivity contribution in [3.63, 3.8) is 0 Å². The van der Waals surface area contributed by atoms with E-state index in [-0.39, 0.29) is 34.5 Å². The van der Waals surface area contributed by atoms with Gasteiger partial charge < -0.3 is 19.7 Å². The molecule has 1 saturated heterocycles. The van der Waals surface area contributed by atoms with Crippen molar-refractivity contribution < 1.29 is 18.7 Å². The molecule has 0 radical (unpaired) electrons. The number of benzene rings is 1. The first-order valence-electron chi connectivity index (χ1n) is 13.2. The van der Waals surface area contributed by atoms with Crippen LogP contribution < -0.4 is 15.6 Å². The lowest BCUT2D eigenvalue weighted by molar-refractivity contribution is 0.0314. The lowest BCUT2D eigenvalue weighted by Crippen LogP contribution is -2.45. The van der Waals surface area contributed by atoms with Gasteiger partial charge in [-0.05, 0) is 68.7 Å². The van der Waals surface area contributed by atoms with Crippen molar-refractivity contribution in [1.82, 2.24) is 20.1 Å². The predicted molar refractivity (Wildman–Crippen MR) is 144 cm³/mol. The number of nitrogens with zero attached hydrogens (tertiary/aromatic N) is 3. The van der Waals surface area contributed by atoms with Crippen LogP contribution in [0.4, 0.5) is 14.9 Å². The Bertz CT molecular complexity index is 1440. The number of hydrogen-bond donors (Lipinski definition) is 2. The summed E-state index contributed by atoms with van der Waals surface area (Å²) in [5, 5.41) is 9.61. The van der Waals surface area contributed by atoms with Gasteiger partial charge in [-0.3, -0.25) is 4.79 Å². The molecule has 11 heteroatoms. The number of anilines is 1. The van der Waals surface area contributed by atoms with Crippen molar-refractivity contribution >= 4 is 23.3 Å². The Kier molecular flexibility index (Phi) is 6.99. The number of aromatic nitrogens is 3. The smallest absolute Gasteiger partial charge is 0.322 e. The van der Waals surface area contributed by atoms with Gasteiger partial charge in [0.2, 0.25) is 5.88 Å². The Labute approximate surface area is 229 Å². The third-order valence-electron chi connectivity index (χ3n) is 8.02. The predicted octanol–water partition coefficient (Wildman–Crippen LogP) is 5.25. The van der Waals surface area contributed by atoms with Crippen LogP contribution in [0.2, 0.25) is 5.02 Å². The highest BCUT2D eigenvalue weighted by Gasteiger charge is 2.44. The molecule has 1 aromatic carbocycles. The average molecular weight is 554 g/mol. The molecule has 2 amide bonds. The van der Waals surface area contributed by atoms with Gasteiger partial charge in [-0.2, -0.15) is 5.10 Å².